The molecule has 0 aliphatic carbocycles. The summed E-state index contributed by atoms with van der Waals surface area (Å²) in [6.07, 6.45) is 4.67. The molecule has 0 unspecified atom stereocenters. The van der Waals surface area contributed by atoms with Crippen molar-refractivity contribution >= 4 is 16.8 Å². The Morgan fingerprint density at radius 1 is 1.08 bits per heavy atom. The summed E-state index contributed by atoms with van der Waals surface area (Å²) in [6, 6.07) is 14.6. The monoisotopic (exact) mass is 333 g/mol. The first-order valence-corrected chi connectivity index (χ1v) is 8.90. The molecule has 1 saturated heterocycles. The van der Waals surface area contributed by atoms with Gasteiger partial charge in [0.05, 0.1) is 6.42 Å². The zero-order valence-electron chi connectivity index (χ0n) is 14.2. The molecule has 4 N–H and O–H groups in total. The first-order chi connectivity index (χ1) is 12.2. The highest BCUT2D eigenvalue weighted by molar-refractivity contribution is 5.93. The molecule has 1 aliphatic heterocycles. The van der Waals surface area contributed by atoms with Crippen molar-refractivity contribution in [3.8, 4) is 11.1 Å². The van der Waals surface area contributed by atoms with Gasteiger partial charge in [-0.05, 0) is 66.2 Å². The summed E-state index contributed by atoms with van der Waals surface area (Å²) >= 11 is 0. The number of primary amides is 1. The molecule has 4 nitrogen and oxygen atoms in total. The van der Waals surface area contributed by atoms with Gasteiger partial charge < -0.3 is 16.0 Å². The quantitative estimate of drug-likeness (QED) is 0.685. The minimum absolute atomic E-state index is 0.253. The molecule has 0 bridgehead atoms. The summed E-state index contributed by atoms with van der Waals surface area (Å²) in [6.45, 7) is 2.12. The third-order valence-electron chi connectivity index (χ3n) is 5.15. The molecule has 1 amide bonds. The SMILES string of the molecule is NC(=O)Cc1cc(-c2ccccc2)cc2c(C3CCNCC3)c[nH]c12. The van der Waals surface area contributed by atoms with Crippen LogP contribution in [0.15, 0.2) is 48.7 Å². The molecule has 4 rings (SSSR count). The van der Waals surface area contributed by atoms with Crippen LogP contribution in [0.5, 0.6) is 0 Å². The van der Waals surface area contributed by atoms with Crippen molar-refractivity contribution in [3.05, 3.63) is 59.8 Å². The smallest absolute Gasteiger partial charge is 0.221 e. The second-order valence-corrected chi connectivity index (χ2v) is 6.84. The fraction of sp³-hybridized carbons (Fsp3) is 0.286. The number of H-pyrrole nitrogens is 1. The number of fused-ring (bicyclic) bond motifs is 1. The van der Waals surface area contributed by atoms with Crippen LogP contribution < -0.4 is 11.1 Å². The topological polar surface area (TPSA) is 70.9 Å². The van der Waals surface area contributed by atoms with Gasteiger partial charge in [-0.1, -0.05) is 30.3 Å². The van der Waals surface area contributed by atoms with E-state index in [1.807, 2.05) is 18.2 Å². The molecule has 1 aromatic heterocycles. The summed E-state index contributed by atoms with van der Waals surface area (Å²) in [7, 11) is 0. The Bertz CT molecular complexity index is 892. The number of hydrogen-bond acceptors (Lipinski definition) is 2. The van der Waals surface area contributed by atoms with Crippen LogP contribution in [0.4, 0.5) is 0 Å². The van der Waals surface area contributed by atoms with Gasteiger partial charge in [0.25, 0.3) is 0 Å². The van der Waals surface area contributed by atoms with Crippen molar-refractivity contribution in [1.29, 1.82) is 0 Å². The van der Waals surface area contributed by atoms with E-state index in [4.69, 9.17) is 5.73 Å². The fourth-order valence-electron chi connectivity index (χ4n) is 3.92. The van der Waals surface area contributed by atoms with E-state index < -0.39 is 0 Å². The summed E-state index contributed by atoms with van der Waals surface area (Å²) in [4.78, 5) is 15.0. The van der Waals surface area contributed by atoms with Gasteiger partial charge in [0, 0.05) is 17.1 Å². The standard InChI is InChI=1S/C21H23N3O/c22-20(25)12-17-10-16(14-4-2-1-3-5-14)11-18-19(13-24-21(17)18)15-6-8-23-9-7-15/h1-5,10-11,13,15,23-24H,6-9,12H2,(H2,22,25). The van der Waals surface area contributed by atoms with Crippen molar-refractivity contribution in [2.24, 2.45) is 5.73 Å². The Hall–Kier alpha value is -2.59. The van der Waals surface area contributed by atoms with E-state index in [-0.39, 0.29) is 12.3 Å². The van der Waals surface area contributed by atoms with Crippen molar-refractivity contribution in [2.45, 2.75) is 25.2 Å². The minimum atomic E-state index is -0.301. The number of nitrogens with one attached hydrogen (secondary N) is 2. The maximum Gasteiger partial charge on any atom is 0.221 e. The second kappa shape index (κ2) is 6.73. The highest BCUT2D eigenvalue weighted by atomic mass is 16.1. The third-order valence-corrected chi connectivity index (χ3v) is 5.15. The van der Waals surface area contributed by atoms with Gasteiger partial charge in [-0.2, -0.15) is 0 Å². The maximum atomic E-state index is 11.6. The summed E-state index contributed by atoms with van der Waals surface area (Å²) in [5.41, 5.74) is 11.2. The molecule has 0 atom stereocenters. The van der Waals surface area contributed by atoms with Crippen LogP contribution in [-0.2, 0) is 11.2 Å². The Labute approximate surface area is 147 Å². The Balaban J connectivity index is 1.87. The van der Waals surface area contributed by atoms with E-state index >= 15 is 0 Å². The van der Waals surface area contributed by atoms with E-state index in [0.29, 0.717) is 5.92 Å². The highest BCUT2D eigenvalue weighted by Gasteiger charge is 2.20. The number of aromatic amines is 1. The van der Waals surface area contributed by atoms with Crippen LogP contribution in [0.25, 0.3) is 22.0 Å². The fourth-order valence-corrected chi connectivity index (χ4v) is 3.92. The molecule has 25 heavy (non-hydrogen) atoms. The Morgan fingerprint density at radius 3 is 2.56 bits per heavy atom. The number of aromatic nitrogens is 1. The second-order valence-electron chi connectivity index (χ2n) is 6.84. The molecule has 0 spiro atoms. The van der Waals surface area contributed by atoms with Gasteiger partial charge in [-0.15, -0.1) is 0 Å². The minimum Gasteiger partial charge on any atom is -0.369 e. The molecule has 4 heteroatoms. The van der Waals surface area contributed by atoms with Crippen LogP contribution in [0.3, 0.4) is 0 Å². The van der Waals surface area contributed by atoms with Crippen molar-refractivity contribution in [3.63, 3.8) is 0 Å². The van der Waals surface area contributed by atoms with Crippen LogP contribution in [0.2, 0.25) is 0 Å². The van der Waals surface area contributed by atoms with Crippen LogP contribution in [0.1, 0.15) is 29.9 Å². The van der Waals surface area contributed by atoms with E-state index in [0.717, 1.165) is 48.1 Å². The lowest BCUT2D eigenvalue weighted by molar-refractivity contribution is -0.117. The third kappa shape index (κ3) is 3.17. The van der Waals surface area contributed by atoms with Crippen LogP contribution in [0, 0.1) is 0 Å². The molecule has 2 aromatic carbocycles. The van der Waals surface area contributed by atoms with Crippen molar-refractivity contribution in [1.82, 2.24) is 10.3 Å². The summed E-state index contributed by atoms with van der Waals surface area (Å²) < 4.78 is 0. The van der Waals surface area contributed by atoms with Gasteiger partial charge >= 0.3 is 0 Å². The lowest BCUT2D eigenvalue weighted by Gasteiger charge is -2.22. The van der Waals surface area contributed by atoms with E-state index in [9.17, 15) is 4.79 Å². The van der Waals surface area contributed by atoms with Gasteiger partial charge in [0.2, 0.25) is 5.91 Å². The van der Waals surface area contributed by atoms with Gasteiger partial charge in [0.1, 0.15) is 0 Å². The molecule has 128 valence electrons. The number of piperidine rings is 1. The lowest BCUT2D eigenvalue weighted by Crippen LogP contribution is -2.26. The Kier molecular flexibility index (Phi) is 4.28. The van der Waals surface area contributed by atoms with Crippen LogP contribution in [-0.4, -0.2) is 24.0 Å². The zero-order chi connectivity index (χ0) is 17.2. The molecule has 2 heterocycles. The number of benzene rings is 2. The van der Waals surface area contributed by atoms with Crippen LogP contribution >= 0.6 is 0 Å². The number of carbonyl (C=O) groups excluding carboxylic acids is 1. The van der Waals surface area contributed by atoms with E-state index in [1.54, 1.807) is 0 Å². The first kappa shape index (κ1) is 15.9. The van der Waals surface area contributed by atoms with E-state index in [1.165, 1.54) is 10.9 Å². The van der Waals surface area contributed by atoms with Crippen molar-refractivity contribution < 1.29 is 4.79 Å². The largest absolute Gasteiger partial charge is 0.369 e. The summed E-state index contributed by atoms with van der Waals surface area (Å²) in [5, 5.41) is 4.65. The molecule has 1 fully saturated rings. The van der Waals surface area contributed by atoms with Gasteiger partial charge in [0.15, 0.2) is 0 Å². The molecule has 0 radical (unpaired) electrons. The number of nitrogens with two attached hydrogens (primary N) is 1. The average Bonchev–Trinajstić information content (AvgIpc) is 3.07. The molecule has 0 saturated carbocycles. The predicted molar refractivity (Wildman–Crippen MR) is 101 cm³/mol. The number of amides is 1. The zero-order valence-corrected chi connectivity index (χ0v) is 14.2. The molecular weight excluding hydrogens is 310 g/mol. The maximum absolute atomic E-state index is 11.6. The lowest BCUT2D eigenvalue weighted by atomic mass is 9.88. The number of carbonyl (C=O) groups is 1. The average molecular weight is 333 g/mol. The van der Waals surface area contributed by atoms with Gasteiger partial charge in [-0.3, -0.25) is 4.79 Å². The van der Waals surface area contributed by atoms with E-state index in [2.05, 4.69) is 40.8 Å². The summed E-state index contributed by atoms with van der Waals surface area (Å²) in [5.74, 6) is 0.256. The number of rotatable bonds is 4. The van der Waals surface area contributed by atoms with Gasteiger partial charge in [-0.25, -0.2) is 0 Å². The highest BCUT2D eigenvalue weighted by Crippen LogP contribution is 2.35. The Morgan fingerprint density at radius 2 is 1.84 bits per heavy atom. The predicted octanol–water partition coefficient (Wildman–Crippen LogP) is 3.33. The first-order valence-electron chi connectivity index (χ1n) is 8.90. The molecular formula is C21H23N3O. The van der Waals surface area contributed by atoms with Crippen molar-refractivity contribution in [2.75, 3.05) is 13.1 Å². The molecule has 3 aromatic rings. The molecule has 1 aliphatic rings. The number of hydrogen-bond donors (Lipinski definition) is 3. The normalized spacial score (nSPS) is 15.5.